The fourth-order valence-corrected chi connectivity index (χ4v) is 2.09. The van der Waals surface area contributed by atoms with E-state index in [0.29, 0.717) is 31.6 Å². The van der Waals surface area contributed by atoms with Crippen molar-refractivity contribution in [3.8, 4) is 0 Å². The van der Waals surface area contributed by atoms with Crippen molar-refractivity contribution in [3.63, 3.8) is 0 Å². The van der Waals surface area contributed by atoms with Gasteiger partial charge in [-0.15, -0.1) is 0 Å². The molecule has 1 saturated heterocycles. The molecule has 0 saturated carbocycles. The van der Waals surface area contributed by atoms with Crippen molar-refractivity contribution in [1.82, 2.24) is 9.80 Å². The number of nitrogens with zero attached hydrogens (tertiary/aromatic N) is 2. The quantitative estimate of drug-likeness (QED) is 0.747. The Balaban J connectivity index is 1.76. The van der Waals surface area contributed by atoms with E-state index in [9.17, 15) is 9.59 Å². The van der Waals surface area contributed by atoms with Gasteiger partial charge in [-0.05, 0) is 6.07 Å². The first-order valence-corrected chi connectivity index (χ1v) is 6.31. The van der Waals surface area contributed by atoms with Crippen LogP contribution in [0.5, 0.6) is 0 Å². The van der Waals surface area contributed by atoms with E-state index >= 15 is 0 Å². The minimum absolute atomic E-state index is 0.00127. The average Bonchev–Trinajstić information content (AvgIpc) is 2.98. The summed E-state index contributed by atoms with van der Waals surface area (Å²) in [6.45, 7) is 3.58. The number of hydrogen-bond donors (Lipinski definition) is 0. The van der Waals surface area contributed by atoms with Crippen LogP contribution in [0.4, 0.5) is 0 Å². The van der Waals surface area contributed by atoms with Gasteiger partial charge < -0.3 is 14.1 Å². The molecule has 2 heterocycles. The molecular weight excluding hydrogens is 248 g/mol. The van der Waals surface area contributed by atoms with E-state index in [1.165, 1.54) is 19.6 Å². The molecule has 6 nitrogen and oxygen atoms in total. The number of hydrogen-bond acceptors (Lipinski definition) is 5. The minimum Gasteiger partial charge on any atom is -0.472 e. The first-order valence-electron chi connectivity index (χ1n) is 6.31. The fraction of sp³-hybridized carbons (Fsp3) is 0.538. The lowest BCUT2D eigenvalue weighted by atomic mass is 10.2. The SMILES string of the molecule is COC(=O)CCN1CCN(C(=O)c2ccoc2)CC1. The van der Waals surface area contributed by atoms with Gasteiger partial charge in [0.1, 0.15) is 6.26 Å². The largest absolute Gasteiger partial charge is 0.472 e. The molecule has 1 aromatic rings. The van der Waals surface area contributed by atoms with Gasteiger partial charge in [0.05, 0.1) is 25.4 Å². The van der Waals surface area contributed by atoms with Crippen LogP contribution in [0.3, 0.4) is 0 Å². The summed E-state index contributed by atoms with van der Waals surface area (Å²) in [5, 5.41) is 0. The van der Waals surface area contributed by atoms with Crippen molar-refractivity contribution < 1.29 is 18.7 Å². The van der Waals surface area contributed by atoms with E-state index < -0.39 is 0 Å². The van der Waals surface area contributed by atoms with Gasteiger partial charge in [-0.25, -0.2) is 0 Å². The summed E-state index contributed by atoms with van der Waals surface area (Å²) in [7, 11) is 1.39. The Labute approximate surface area is 111 Å². The maximum Gasteiger partial charge on any atom is 0.306 e. The lowest BCUT2D eigenvalue weighted by Gasteiger charge is -2.34. The van der Waals surface area contributed by atoms with Crippen LogP contribution in [0.25, 0.3) is 0 Å². The highest BCUT2D eigenvalue weighted by Crippen LogP contribution is 2.09. The van der Waals surface area contributed by atoms with Crippen molar-refractivity contribution in [2.75, 3.05) is 39.8 Å². The second-order valence-electron chi connectivity index (χ2n) is 4.47. The van der Waals surface area contributed by atoms with E-state index in [1.807, 2.05) is 0 Å². The van der Waals surface area contributed by atoms with Crippen LogP contribution in [-0.2, 0) is 9.53 Å². The second-order valence-corrected chi connectivity index (χ2v) is 4.47. The number of rotatable bonds is 4. The first-order chi connectivity index (χ1) is 9.20. The normalized spacial score (nSPS) is 16.4. The molecule has 2 rings (SSSR count). The highest BCUT2D eigenvalue weighted by atomic mass is 16.5. The maximum atomic E-state index is 12.1. The molecular formula is C13H18N2O4. The summed E-state index contributed by atoms with van der Waals surface area (Å²) < 4.78 is 9.52. The molecule has 0 N–H and O–H groups in total. The van der Waals surface area contributed by atoms with Gasteiger partial charge in [-0.3, -0.25) is 14.5 Å². The van der Waals surface area contributed by atoms with Gasteiger partial charge in [-0.1, -0.05) is 0 Å². The van der Waals surface area contributed by atoms with Gasteiger partial charge >= 0.3 is 5.97 Å². The highest BCUT2D eigenvalue weighted by molar-refractivity contribution is 5.93. The molecule has 0 spiro atoms. The molecule has 1 fully saturated rings. The average molecular weight is 266 g/mol. The number of furan rings is 1. The Morgan fingerprint density at radius 1 is 1.32 bits per heavy atom. The zero-order chi connectivity index (χ0) is 13.7. The van der Waals surface area contributed by atoms with Crippen LogP contribution < -0.4 is 0 Å². The smallest absolute Gasteiger partial charge is 0.306 e. The molecule has 1 aliphatic heterocycles. The molecule has 0 aromatic carbocycles. The molecule has 1 amide bonds. The molecule has 0 radical (unpaired) electrons. The van der Waals surface area contributed by atoms with Crippen LogP contribution in [0.1, 0.15) is 16.8 Å². The predicted molar refractivity (Wildman–Crippen MR) is 67.7 cm³/mol. The van der Waals surface area contributed by atoms with Crippen LogP contribution >= 0.6 is 0 Å². The molecule has 1 aromatic heterocycles. The molecule has 0 unspecified atom stereocenters. The number of carbonyl (C=O) groups is 2. The van der Waals surface area contributed by atoms with Crippen molar-refractivity contribution in [2.24, 2.45) is 0 Å². The summed E-state index contributed by atoms with van der Waals surface area (Å²) in [5.74, 6) is -0.196. The predicted octanol–water partition coefficient (Wildman–Crippen LogP) is 0.600. The standard InChI is InChI=1S/C13H18N2O4/c1-18-12(16)2-4-14-5-7-15(8-6-14)13(17)11-3-9-19-10-11/h3,9-10H,2,4-8H2,1H3. The van der Waals surface area contributed by atoms with Crippen molar-refractivity contribution in [3.05, 3.63) is 24.2 Å². The van der Waals surface area contributed by atoms with Gasteiger partial charge in [0.15, 0.2) is 0 Å². The number of carbonyl (C=O) groups excluding carboxylic acids is 2. The third-order valence-electron chi connectivity index (χ3n) is 3.29. The van der Waals surface area contributed by atoms with Crippen molar-refractivity contribution >= 4 is 11.9 Å². The Kier molecular flexibility index (Phi) is 4.57. The van der Waals surface area contributed by atoms with Crippen LogP contribution in [0.2, 0.25) is 0 Å². The topological polar surface area (TPSA) is 63.0 Å². The van der Waals surface area contributed by atoms with Gasteiger partial charge in [-0.2, -0.15) is 0 Å². The Bertz CT molecular complexity index is 422. The van der Waals surface area contributed by atoms with E-state index in [-0.39, 0.29) is 11.9 Å². The van der Waals surface area contributed by atoms with Crippen molar-refractivity contribution in [1.29, 1.82) is 0 Å². The summed E-state index contributed by atoms with van der Waals surface area (Å²) in [5.41, 5.74) is 0.586. The van der Waals surface area contributed by atoms with E-state index in [1.54, 1.807) is 11.0 Å². The number of esters is 1. The number of piperazine rings is 1. The summed E-state index contributed by atoms with van der Waals surface area (Å²) >= 11 is 0. The molecule has 6 heteroatoms. The van der Waals surface area contributed by atoms with Crippen molar-refractivity contribution in [2.45, 2.75) is 6.42 Å². The fourth-order valence-electron chi connectivity index (χ4n) is 2.09. The van der Waals surface area contributed by atoms with Crippen LogP contribution in [0.15, 0.2) is 23.0 Å². The number of methoxy groups -OCH3 is 1. The van der Waals surface area contributed by atoms with Crippen LogP contribution in [0, 0.1) is 0 Å². The zero-order valence-electron chi connectivity index (χ0n) is 11.0. The van der Waals surface area contributed by atoms with Gasteiger partial charge in [0.2, 0.25) is 0 Å². The molecule has 19 heavy (non-hydrogen) atoms. The third-order valence-corrected chi connectivity index (χ3v) is 3.29. The highest BCUT2D eigenvalue weighted by Gasteiger charge is 2.22. The summed E-state index contributed by atoms with van der Waals surface area (Å²) in [4.78, 5) is 27.1. The molecule has 1 aliphatic rings. The third kappa shape index (κ3) is 3.57. The van der Waals surface area contributed by atoms with E-state index in [2.05, 4.69) is 9.64 Å². The minimum atomic E-state index is -0.197. The summed E-state index contributed by atoms with van der Waals surface area (Å²) in [6.07, 6.45) is 3.36. The lowest BCUT2D eigenvalue weighted by Crippen LogP contribution is -2.49. The monoisotopic (exact) mass is 266 g/mol. The molecule has 104 valence electrons. The molecule has 0 aliphatic carbocycles. The first kappa shape index (κ1) is 13.6. The second kappa shape index (κ2) is 6.38. The molecule has 0 atom stereocenters. The van der Waals surface area contributed by atoms with Gasteiger partial charge in [0, 0.05) is 32.7 Å². The Morgan fingerprint density at radius 3 is 2.63 bits per heavy atom. The van der Waals surface area contributed by atoms with Crippen LogP contribution in [-0.4, -0.2) is 61.5 Å². The molecule has 0 bridgehead atoms. The zero-order valence-corrected chi connectivity index (χ0v) is 11.0. The van der Waals surface area contributed by atoms with E-state index in [4.69, 9.17) is 4.42 Å². The Hall–Kier alpha value is -1.82. The summed E-state index contributed by atoms with van der Waals surface area (Å²) in [6, 6.07) is 1.67. The number of ether oxygens (including phenoxy) is 1. The lowest BCUT2D eigenvalue weighted by molar-refractivity contribution is -0.141. The maximum absolute atomic E-state index is 12.1. The van der Waals surface area contributed by atoms with E-state index in [0.717, 1.165) is 13.1 Å². The number of amides is 1. The Morgan fingerprint density at radius 2 is 2.05 bits per heavy atom. The van der Waals surface area contributed by atoms with Gasteiger partial charge in [0.25, 0.3) is 5.91 Å².